The molecule has 0 aromatic carbocycles. The van der Waals surface area contributed by atoms with E-state index in [4.69, 9.17) is 0 Å². The highest BCUT2D eigenvalue weighted by atomic mass is 32.2. The standard InChI is InChI=1S/C9H14N2O3S2/c12-8-6-15-9(11-8)10-5-7-1-3-16(13,14)4-2-7/h7H,1-6H2,(H,10,11,12). The predicted molar refractivity (Wildman–Crippen MR) is 64.3 cm³/mol. The van der Waals surface area contributed by atoms with Crippen molar-refractivity contribution in [2.75, 3.05) is 23.8 Å². The third kappa shape index (κ3) is 3.21. The highest BCUT2D eigenvalue weighted by Crippen LogP contribution is 2.20. The Balaban J connectivity index is 1.81. The van der Waals surface area contributed by atoms with Gasteiger partial charge in [-0.2, -0.15) is 0 Å². The number of nitrogens with zero attached hydrogens (tertiary/aromatic N) is 1. The SMILES string of the molecule is O=C1CSC(=NCC2CCS(=O)(=O)CC2)N1. The van der Waals surface area contributed by atoms with Crippen molar-refractivity contribution in [1.29, 1.82) is 0 Å². The van der Waals surface area contributed by atoms with E-state index in [1.54, 1.807) is 0 Å². The Morgan fingerprint density at radius 2 is 2.06 bits per heavy atom. The smallest absolute Gasteiger partial charge is 0.236 e. The molecule has 2 saturated heterocycles. The molecule has 2 aliphatic heterocycles. The fourth-order valence-corrected chi connectivity index (χ4v) is 4.02. The molecule has 16 heavy (non-hydrogen) atoms. The van der Waals surface area contributed by atoms with Crippen LogP contribution >= 0.6 is 11.8 Å². The molecule has 0 aromatic heterocycles. The summed E-state index contributed by atoms with van der Waals surface area (Å²) in [7, 11) is -2.79. The van der Waals surface area contributed by atoms with Gasteiger partial charge in [0.2, 0.25) is 5.91 Å². The molecule has 0 atom stereocenters. The maximum atomic E-state index is 11.2. The minimum Gasteiger partial charge on any atom is -0.305 e. The summed E-state index contributed by atoms with van der Waals surface area (Å²) in [6, 6.07) is 0. The van der Waals surface area contributed by atoms with Gasteiger partial charge in [0.05, 0.1) is 17.3 Å². The Hall–Kier alpha value is -0.560. The Morgan fingerprint density at radius 3 is 2.62 bits per heavy atom. The van der Waals surface area contributed by atoms with Crippen LogP contribution in [0.3, 0.4) is 0 Å². The van der Waals surface area contributed by atoms with Crippen LogP contribution in [0.1, 0.15) is 12.8 Å². The normalized spacial score (nSPS) is 28.2. The molecule has 1 N–H and O–H groups in total. The monoisotopic (exact) mass is 262 g/mol. The molecule has 0 saturated carbocycles. The Morgan fingerprint density at radius 1 is 1.38 bits per heavy atom. The number of rotatable bonds is 2. The van der Waals surface area contributed by atoms with Crippen molar-refractivity contribution in [3.05, 3.63) is 0 Å². The number of hydrogen-bond donors (Lipinski definition) is 1. The quantitative estimate of drug-likeness (QED) is 0.762. The first-order chi connectivity index (χ1) is 7.55. The Kier molecular flexibility index (Phi) is 3.53. The molecule has 1 amide bonds. The van der Waals surface area contributed by atoms with Gasteiger partial charge in [-0.3, -0.25) is 9.79 Å². The van der Waals surface area contributed by atoms with Crippen LogP contribution in [0.25, 0.3) is 0 Å². The van der Waals surface area contributed by atoms with E-state index in [9.17, 15) is 13.2 Å². The van der Waals surface area contributed by atoms with Crippen LogP contribution in [-0.4, -0.2) is 43.3 Å². The second-order valence-corrected chi connectivity index (χ2v) is 7.35. The van der Waals surface area contributed by atoms with Gasteiger partial charge >= 0.3 is 0 Å². The lowest BCUT2D eigenvalue weighted by Gasteiger charge is -2.19. The van der Waals surface area contributed by atoms with Crippen molar-refractivity contribution in [3.8, 4) is 0 Å². The van der Waals surface area contributed by atoms with Gasteiger partial charge in [0.25, 0.3) is 0 Å². The van der Waals surface area contributed by atoms with Crippen molar-refractivity contribution in [3.63, 3.8) is 0 Å². The molecule has 0 bridgehead atoms. The fourth-order valence-electron chi connectivity index (χ4n) is 1.74. The van der Waals surface area contributed by atoms with Crippen LogP contribution in [0.15, 0.2) is 4.99 Å². The number of thioether (sulfide) groups is 1. The summed E-state index contributed by atoms with van der Waals surface area (Å²) in [5, 5.41) is 3.34. The summed E-state index contributed by atoms with van der Waals surface area (Å²) in [5.74, 6) is 1.34. The molecular weight excluding hydrogens is 248 g/mol. The number of sulfone groups is 1. The first kappa shape index (κ1) is 11.9. The minimum absolute atomic E-state index is 0.00466. The molecule has 2 heterocycles. The number of carbonyl (C=O) groups is 1. The van der Waals surface area contributed by atoms with Crippen molar-refractivity contribution in [1.82, 2.24) is 5.32 Å². The van der Waals surface area contributed by atoms with E-state index in [1.165, 1.54) is 11.8 Å². The van der Waals surface area contributed by atoms with Crippen molar-refractivity contribution < 1.29 is 13.2 Å². The van der Waals surface area contributed by atoms with Gasteiger partial charge < -0.3 is 5.32 Å². The van der Waals surface area contributed by atoms with Gasteiger partial charge in [-0.1, -0.05) is 11.8 Å². The molecule has 7 heteroatoms. The maximum Gasteiger partial charge on any atom is 0.236 e. The third-order valence-corrected chi connectivity index (χ3v) is 5.38. The number of carbonyl (C=O) groups excluding carboxylic acids is 1. The third-order valence-electron chi connectivity index (χ3n) is 2.75. The molecule has 5 nitrogen and oxygen atoms in total. The maximum absolute atomic E-state index is 11.2. The molecule has 2 rings (SSSR count). The van der Waals surface area contributed by atoms with Crippen LogP contribution in [0, 0.1) is 5.92 Å². The lowest BCUT2D eigenvalue weighted by molar-refractivity contribution is -0.116. The first-order valence-electron chi connectivity index (χ1n) is 5.23. The Bertz CT molecular complexity index is 402. The van der Waals surface area contributed by atoms with E-state index in [0.29, 0.717) is 36.2 Å². The summed E-state index contributed by atoms with van der Waals surface area (Å²) in [6.07, 6.45) is 1.38. The lowest BCUT2D eigenvalue weighted by atomic mass is 10.0. The molecular formula is C9H14N2O3S2. The van der Waals surface area contributed by atoms with Gasteiger partial charge in [-0.05, 0) is 18.8 Å². The van der Waals surface area contributed by atoms with Crippen molar-refractivity contribution in [2.24, 2.45) is 10.9 Å². The van der Waals surface area contributed by atoms with E-state index < -0.39 is 9.84 Å². The van der Waals surface area contributed by atoms with Crippen LogP contribution < -0.4 is 5.32 Å². The first-order valence-corrected chi connectivity index (χ1v) is 8.03. The second kappa shape index (κ2) is 4.75. The largest absolute Gasteiger partial charge is 0.305 e. The van der Waals surface area contributed by atoms with Crippen LogP contribution in [-0.2, 0) is 14.6 Å². The van der Waals surface area contributed by atoms with E-state index in [0.717, 1.165) is 0 Å². The molecule has 0 radical (unpaired) electrons. The van der Waals surface area contributed by atoms with Gasteiger partial charge in [0, 0.05) is 6.54 Å². The van der Waals surface area contributed by atoms with Gasteiger partial charge in [0.1, 0.15) is 9.84 Å². The van der Waals surface area contributed by atoms with E-state index >= 15 is 0 Å². The lowest BCUT2D eigenvalue weighted by Crippen LogP contribution is -2.26. The number of nitrogens with one attached hydrogen (secondary N) is 1. The van der Waals surface area contributed by atoms with Gasteiger partial charge in [-0.15, -0.1) is 0 Å². The highest BCUT2D eigenvalue weighted by molar-refractivity contribution is 8.15. The van der Waals surface area contributed by atoms with E-state index in [2.05, 4.69) is 10.3 Å². The molecule has 2 fully saturated rings. The van der Waals surface area contributed by atoms with Crippen LogP contribution in [0.4, 0.5) is 0 Å². The summed E-state index contributed by atoms with van der Waals surface area (Å²) >= 11 is 1.41. The second-order valence-electron chi connectivity index (χ2n) is 4.08. The van der Waals surface area contributed by atoms with Crippen LogP contribution in [0.5, 0.6) is 0 Å². The van der Waals surface area contributed by atoms with Crippen molar-refractivity contribution in [2.45, 2.75) is 12.8 Å². The highest BCUT2D eigenvalue weighted by Gasteiger charge is 2.24. The number of aliphatic imine (C=N–C) groups is 1. The summed E-state index contributed by atoms with van der Waals surface area (Å²) in [6.45, 7) is 0.623. The molecule has 2 aliphatic rings. The number of hydrogen-bond acceptors (Lipinski definition) is 5. The van der Waals surface area contributed by atoms with Gasteiger partial charge in [-0.25, -0.2) is 8.42 Å². The molecule has 0 aliphatic carbocycles. The van der Waals surface area contributed by atoms with Gasteiger partial charge in [0.15, 0.2) is 5.17 Å². The zero-order valence-electron chi connectivity index (χ0n) is 8.81. The van der Waals surface area contributed by atoms with Crippen molar-refractivity contribution >= 4 is 32.7 Å². The zero-order chi connectivity index (χ0) is 11.6. The molecule has 90 valence electrons. The van der Waals surface area contributed by atoms with Crippen LogP contribution in [0.2, 0.25) is 0 Å². The fraction of sp³-hybridized carbons (Fsp3) is 0.778. The molecule has 0 spiro atoms. The summed E-state index contributed by atoms with van der Waals surface area (Å²) in [5.41, 5.74) is 0. The molecule has 0 unspecified atom stereocenters. The van der Waals surface area contributed by atoms with E-state index in [-0.39, 0.29) is 17.4 Å². The number of amides is 1. The molecule has 0 aromatic rings. The summed E-state index contributed by atoms with van der Waals surface area (Å²) < 4.78 is 22.4. The zero-order valence-corrected chi connectivity index (χ0v) is 10.4. The average molecular weight is 262 g/mol. The minimum atomic E-state index is -2.79. The predicted octanol–water partition coefficient (Wildman–Crippen LogP) is 0.0302. The Labute approximate surface area is 99.0 Å². The average Bonchev–Trinajstić information content (AvgIpc) is 2.63. The number of amidine groups is 1. The topological polar surface area (TPSA) is 75.6 Å². The van der Waals surface area contributed by atoms with E-state index in [1.807, 2.05) is 0 Å². The summed E-state index contributed by atoms with van der Waals surface area (Å²) in [4.78, 5) is 15.2.